The molecule has 0 aromatic heterocycles. The molecule has 0 amide bonds. The highest BCUT2D eigenvalue weighted by Gasteiger charge is 2.42. The molecular weight excluding hydrogens is 283 g/mol. The summed E-state index contributed by atoms with van der Waals surface area (Å²) in [5.74, 6) is -0.578. The molecule has 0 aliphatic heterocycles. The first-order valence-electron chi connectivity index (χ1n) is 6.73. The second kappa shape index (κ2) is 6.47. The van der Waals surface area contributed by atoms with Crippen LogP contribution in [-0.2, 0) is 21.2 Å². The number of benzene rings is 1. The Kier molecular flexibility index (Phi) is 5.39. The third-order valence-electron chi connectivity index (χ3n) is 3.73. The highest BCUT2D eigenvalue weighted by molar-refractivity contribution is 5.82. The highest BCUT2D eigenvalue weighted by Crippen LogP contribution is 2.35. The molecule has 0 bridgehead atoms. The molecule has 1 aromatic carbocycles. The maximum Gasteiger partial charge on any atom is 0.416 e. The number of rotatable bonds is 5. The van der Waals surface area contributed by atoms with Crippen molar-refractivity contribution in [3.05, 3.63) is 35.4 Å². The average Bonchev–Trinajstić information content (AvgIpc) is 2.46. The summed E-state index contributed by atoms with van der Waals surface area (Å²) in [4.78, 5) is 14.0. The van der Waals surface area contributed by atoms with E-state index < -0.39 is 23.2 Å². The van der Waals surface area contributed by atoms with Crippen molar-refractivity contribution in [2.24, 2.45) is 0 Å². The fraction of sp³-hybridized carbons (Fsp3) is 0.533. The average molecular weight is 303 g/mol. The molecule has 118 valence electrons. The molecule has 0 N–H and O–H groups in total. The number of nitrogens with zero attached hydrogens (tertiary/aromatic N) is 1. The smallest absolute Gasteiger partial charge is 0.416 e. The number of hydrogen-bond donors (Lipinski definition) is 0. The van der Waals surface area contributed by atoms with Crippen molar-refractivity contribution in [3.8, 4) is 0 Å². The number of hydrogen-bond acceptors (Lipinski definition) is 3. The summed E-state index contributed by atoms with van der Waals surface area (Å²) >= 11 is 0. The summed E-state index contributed by atoms with van der Waals surface area (Å²) in [6, 6.07) is 4.83. The third kappa shape index (κ3) is 3.37. The standard InChI is InChI=1S/C15H20F3NO2/c1-5-19(6-2)14(3,13(20)21-4)11-8-7-9-12(10-11)15(16,17)18/h7-10H,5-6H2,1-4H3. The van der Waals surface area contributed by atoms with Crippen LogP contribution >= 0.6 is 0 Å². The quantitative estimate of drug-likeness (QED) is 0.780. The van der Waals surface area contributed by atoms with E-state index in [-0.39, 0.29) is 5.56 Å². The van der Waals surface area contributed by atoms with Crippen LogP contribution in [-0.4, -0.2) is 31.1 Å². The summed E-state index contributed by atoms with van der Waals surface area (Å²) in [5, 5.41) is 0. The molecule has 1 aromatic rings. The van der Waals surface area contributed by atoms with E-state index >= 15 is 0 Å². The van der Waals surface area contributed by atoms with Gasteiger partial charge in [0.15, 0.2) is 0 Å². The van der Waals surface area contributed by atoms with Gasteiger partial charge in [0, 0.05) is 0 Å². The molecule has 3 nitrogen and oxygen atoms in total. The lowest BCUT2D eigenvalue weighted by molar-refractivity contribution is -0.155. The predicted octanol–water partition coefficient (Wildman–Crippen LogP) is 3.44. The maximum absolute atomic E-state index is 12.9. The number of carbonyl (C=O) groups excluding carboxylic acids is 1. The van der Waals surface area contributed by atoms with E-state index in [2.05, 4.69) is 0 Å². The van der Waals surface area contributed by atoms with Crippen molar-refractivity contribution in [2.75, 3.05) is 20.2 Å². The maximum atomic E-state index is 12.9. The molecule has 21 heavy (non-hydrogen) atoms. The number of carbonyl (C=O) groups is 1. The van der Waals surface area contributed by atoms with Gasteiger partial charge in [0.1, 0.15) is 5.54 Å². The molecule has 1 unspecified atom stereocenters. The second-order valence-corrected chi connectivity index (χ2v) is 4.81. The van der Waals surface area contributed by atoms with Gasteiger partial charge in [0.2, 0.25) is 0 Å². The predicted molar refractivity (Wildman–Crippen MR) is 73.7 cm³/mol. The van der Waals surface area contributed by atoms with Crippen molar-refractivity contribution in [2.45, 2.75) is 32.5 Å². The highest BCUT2D eigenvalue weighted by atomic mass is 19.4. The van der Waals surface area contributed by atoms with Gasteiger partial charge in [0.05, 0.1) is 12.7 Å². The lowest BCUT2D eigenvalue weighted by Gasteiger charge is -2.38. The summed E-state index contributed by atoms with van der Waals surface area (Å²) in [7, 11) is 1.23. The van der Waals surface area contributed by atoms with Gasteiger partial charge in [-0.2, -0.15) is 13.2 Å². The van der Waals surface area contributed by atoms with Gasteiger partial charge in [-0.1, -0.05) is 26.0 Å². The summed E-state index contributed by atoms with van der Waals surface area (Å²) < 4.78 is 43.4. The van der Waals surface area contributed by atoms with Gasteiger partial charge < -0.3 is 4.74 Å². The largest absolute Gasteiger partial charge is 0.467 e. The van der Waals surface area contributed by atoms with E-state index in [1.165, 1.54) is 19.2 Å². The zero-order chi connectivity index (χ0) is 16.3. The monoisotopic (exact) mass is 303 g/mol. The van der Waals surface area contributed by atoms with Gasteiger partial charge in [-0.05, 0) is 37.7 Å². The third-order valence-corrected chi connectivity index (χ3v) is 3.73. The van der Waals surface area contributed by atoms with Gasteiger partial charge >= 0.3 is 12.1 Å². The SMILES string of the molecule is CCN(CC)C(C)(C(=O)OC)c1cccc(C(F)(F)F)c1. The van der Waals surface area contributed by atoms with Crippen molar-refractivity contribution in [3.63, 3.8) is 0 Å². The van der Waals surface area contributed by atoms with Crippen molar-refractivity contribution in [1.29, 1.82) is 0 Å². The van der Waals surface area contributed by atoms with Crippen molar-refractivity contribution < 1.29 is 22.7 Å². The van der Waals surface area contributed by atoms with Crippen LogP contribution in [0.25, 0.3) is 0 Å². The fourth-order valence-corrected chi connectivity index (χ4v) is 2.48. The topological polar surface area (TPSA) is 29.5 Å². The minimum absolute atomic E-state index is 0.271. The van der Waals surface area contributed by atoms with Crippen LogP contribution in [0.3, 0.4) is 0 Å². The normalized spacial score (nSPS) is 14.9. The Balaban J connectivity index is 3.44. The van der Waals surface area contributed by atoms with Gasteiger partial charge in [-0.3, -0.25) is 4.90 Å². The minimum Gasteiger partial charge on any atom is -0.467 e. The molecule has 0 aliphatic rings. The summed E-state index contributed by atoms with van der Waals surface area (Å²) in [5.41, 5.74) is -1.75. The lowest BCUT2D eigenvalue weighted by atomic mass is 9.88. The van der Waals surface area contributed by atoms with Crippen LogP contribution in [0, 0.1) is 0 Å². The molecule has 0 saturated heterocycles. The Morgan fingerprint density at radius 1 is 1.19 bits per heavy atom. The molecule has 0 saturated carbocycles. The number of methoxy groups -OCH3 is 1. The Morgan fingerprint density at radius 2 is 1.71 bits per heavy atom. The fourth-order valence-electron chi connectivity index (χ4n) is 2.48. The molecule has 0 spiro atoms. The Morgan fingerprint density at radius 3 is 2.14 bits per heavy atom. The van der Waals surface area contributed by atoms with Gasteiger partial charge in [-0.15, -0.1) is 0 Å². The van der Waals surface area contributed by atoms with E-state index in [9.17, 15) is 18.0 Å². The number of ether oxygens (including phenoxy) is 1. The second-order valence-electron chi connectivity index (χ2n) is 4.81. The van der Waals surface area contributed by atoms with Crippen LogP contribution in [0.4, 0.5) is 13.2 Å². The first kappa shape index (κ1) is 17.5. The summed E-state index contributed by atoms with van der Waals surface area (Å²) in [6.45, 7) is 6.30. The van der Waals surface area contributed by atoms with Crippen LogP contribution in [0.5, 0.6) is 0 Å². The van der Waals surface area contributed by atoms with Crippen LogP contribution in [0.15, 0.2) is 24.3 Å². The van der Waals surface area contributed by atoms with Crippen LogP contribution < -0.4 is 0 Å². The molecule has 0 fully saturated rings. The molecular formula is C15H20F3NO2. The molecule has 0 heterocycles. The molecule has 1 rings (SSSR count). The molecule has 0 radical (unpaired) electrons. The molecule has 1 atom stereocenters. The van der Waals surface area contributed by atoms with Gasteiger partial charge in [-0.25, -0.2) is 4.79 Å². The first-order chi connectivity index (χ1) is 9.71. The molecule has 6 heteroatoms. The number of halogens is 3. The minimum atomic E-state index is -4.45. The Hall–Kier alpha value is -1.56. The van der Waals surface area contributed by atoms with E-state index in [1.807, 2.05) is 13.8 Å². The zero-order valence-electron chi connectivity index (χ0n) is 12.6. The number of alkyl halides is 3. The van der Waals surface area contributed by atoms with Crippen molar-refractivity contribution >= 4 is 5.97 Å². The first-order valence-corrected chi connectivity index (χ1v) is 6.73. The number of likely N-dealkylation sites (N-methyl/N-ethyl adjacent to an activating group) is 1. The number of esters is 1. The summed E-state index contributed by atoms with van der Waals surface area (Å²) in [6.07, 6.45) is -4.45. The van der Waals surface area contributed by atoms with Crippen LogP contribution in [0.1, 0.15) is 31.9 Å². The van der Waals surface area contributed by atoms with E-state index in [4.69, 9.17) is 4.74 Å². The van der Waals surface area contributed by atoms with Gasteiger partial charge in [0.25, 0.3) is 0 Å². The zero-order valence-corrected chi connectivity index (χ0v) is 12.6. The van der Waals surface area contributed by atoms with Crippen molar-refractivity contribution in [1.82, 2.24) is 4.90 Å². The Bertz CT molecular complexity index is 498. The van der Waals surface area contributed by atoms with Crippen LogP contribution in [0.2, 0.25) is 0 Å². The van der Waals surface area contributed by atoms with E-state index in [0.29, 0.717) is 13.1 Å². The lowest BCUT2D eigenvalue weighted by Crippen LogP contribution is -2.50. The Labute approximate surface area is 122 Å². The molecule has 0 aliphatic carbocycles. The van der Waals surface area contributed by atoms with E-state index in [0.717, 1.165) is 12.1 Å². The van der Waals surface area contributed by atoms with E-state index in [1.54, 1.807) is 11.8 Å².